The fourth-order valence-corrected chi connectivity index (χ4v) is 3.95. The molecule has 5 heteroatoms. The van der Waals surface area contributed by atoms with Gasteiger partial charge in [0.25, 0.3) is 0 Å². The van der Waals surface area contributed by atoms with Crippen molar-refractivity contribution in [2.75, 3.05) is 24.5 Å². The van der Waals surface area contributed by atoms with Gasteiger partial charge < -0.3 is 15.5 Å². The minimum Gasteiger partial charge on any atom is -0.344 e. The zero-order chi connectivity index (χ0) is 17.6. The van der Waals surface area contributed by atoms with E-state index in [1.54, 1.807) is 4.90 Å². The van der Waals surface area contributed by atoms with E-state index in [1.807, 2.05) is 30.3 Å². The first-order valence-electron chi connectivity index (χ1n) is 9.51. The van der Waals surface area contributed by atoms with Gasteiger partial charge in [-0.05, 0) is 62.7 Å². The maximum Gasteiger partial charge on any atom is 0.249 e. The summed E-state index contributed by atoms with van der Waals surface area (Å²) in [5.41, 5.74) is 0.910. The highest BCUT2D eigenvalue weighted by atomic mass is 16.2. The van der Waals surface area contributed by atoms with Gasteiger partial charge >= 0.3 is 0 Å². The van der Waals surface area contributed by atoms with E-state index in [2.05, 4.69) is 17.6 Å². The molecular weight excluding hydrogens is 314 g/mol. The molecule has 3 atom stereocenters. The van der Waals surface area contributed by atoms with Crippen molar-refractivity contribution in [3.63, 3.8) is 0 Å². The van der Waals surface area contributed by atoms with E-state index >= 15 is 0 Å². The Hall–Kier alpha value is -1.88. The van der Waals surface area contributed by atoms with E-state index in [0.29, 0.717) is 18.3 Å². The molecule has 2 aliphatic rings. The summed E-state index contributed by atoms with van der Waals surface area (Å²) in [5.74, 6) is 0.920. The van der Waals surface area contributed by atoms with Crippen LogP contribution < -0.4 is 15.5 Å². The molecule has 0 aliphatic carbocycles. The van der Waals surface area contributed by atoms with E-state index in [0.717, 1.165) is 38.2 Å². The van der Waals surface area contributed by atoms with Gasteiger partial charge in [0.05, 0.1) is 0 Å². The van der Waals surface area contributed by atoms with E-state index in [1.165, 1.54) is 12.8 Å². The maximum absolute atomic E-state index is 12.8. The van der Waals surface area contributed by atoms with Crippen LogP contribution in [0.4, 0.5) is 5.69 Å². The van der Waals surface area contributed by atoms with E-state index in [4.69, 9.17) is 0 Å². The number of hydrogen-bond acceptors (Lipinski definition) is 3. The van der Waals surface area contributed by atoms with Crippen molar-refractivity contribution < 1.29 is 9.59 Å². The van der Waals surface area contributed by atoms with E-state index in [9.17, 15) is 9.59 Å². The van der Waals surface area contributed by atoms with E-state index in [-0.39, 0.29) is 11.8 Å². The molecule has 2 amide bonds. The predicted octanol–water partition coefficient (Wildman–Crippen LogP) is 2.32. The molecule has 1 aromatic carbocycles. The van der Waals surface area contributed by atoms with E-state index < -0.39 is 6.04 Å². The lowest BCUT2D eigenvalue weighted by molar-refractivity contribution is -0.129. The van der Waals surface area contributed by atoms with Crippen LogP contribution in [-0.4, -0.2) is 37.5 Å². The fraction of sp³-hybridized carbons (Fsp3) is 0.600. The van der Waals surface area contributed by atoms with Crippen molar-refractivity contribution in [2.45, 2.75) is 45.1 Å². The number of para-hydroxylation sites is 1. The van der Waals surface area contributed by atoms with Gasteiger partial charge in [0, 0.05) is 18.7 Å². The summed E-state index contributed by atoms with van der Waals surface area (Å²) in [4.78, 5) is 27.0. The molecule has 2 N–H and O–H groups in total. The third-order valence-electron chi connectivity index (χ3n) is 5.49. The number of nitrogens with one attached hydrogen (secondary N) is 2. The van der Waals surface area contributed by atoms with Crippen LogP contribution in [0.3, 0.4) is 0 Å². The minimum absolute atomic E-state index is 0.00587. The normalized spacial score (nSPS) is 25.5. The molecular formula is C20H29N3O2. The number of piperidine rings is 2. The number of nitrogens with zero attached hydrogens (tertiary/aromatic N) is 1. The molecule has 25 heavy (non-hydrogen) atoms. The Morgan fingerprint density at radius 3 is 2.80 bits per heavy atom. The second-order valence-corrected chi connectivity index (χ2v) is 7.38. The van der Waals surface area contributed by atoms with Gasteiger partial charge in [0.15, 0.2) is 0 Å². The molecule has 2 heterocycles. The summed E-state index contributed by atoms with van der Waals surface area (Å²) in [5, 5.41) is 6.40. The smallest absolute Gasteiger partial charge is 0.249 e. The third kappa shape index (κ3) is 4.60. The average Bonchev–Trinajstić information content (AvgIpc) is 2.65. The lowest BCUT2D eigenvalue weighted by atomic mass is 9.85. The molecule has 0 aromatic heterocycles. The maximum atomic E-state index is 12.8. The second-order valence-electron chi connectivity index (χ2n) is 7.38. The van der Waals surface area contributed by atoms with Crippen LogP contribution in [0.1, 0.15) is 39.0 Å². The molecule has 1 aromatic rings. The third-order valence-corrected chi connectivity index (χ3v) is 5.49. The van der Waals surface area contributed by atoms with Crippen LogP contribution in [0.2, 0.25) is 0 Å². The first kappa shape index (κ1) is 17.9. The second kappa shape index (κ2) is 8.48. The Balaban J connectivity index is 1.54. The topological polar surface area (TPSA) is 61.4 Å². The Morgan fingerprint density at radius 2 is 2.08 bits per heavy atom. The summed E-state index contributed by atoms with van der Waals surface area (Å²) in [6, 6.07) is 9.31. The monoisotopic (exact) mass is 343 g/mol. The van der Waals surface area contributed by atoms with Crippen LogP contribution in [0.15, 0.2) is 30.3 Å². The standard InChI is InChI=1S/C20H29N3O2/c1-15(16-7-5-11-21-14-16)13-19(24)22-18-10-6-12-23(20(18)25)17-8-3-2-4-9-17/h2-4,8-9,15-16,18,21H,5-7,10-14H2,1H3,(H,22,24). The van der Waals surface area contributed by atoms with Crippen molar-refractivity contribution >= 4 is 17.5 Å². The quantitative estimate of drug-likeness (QED) is 0.862. The van der Waals surface area contributed by atoms with Crippen LogP contribution in [-0.2, 0) is 9.59 Å². The number of benzene rings is 1. The number of amides is 2. The highest BCUT2D eigenvalue weighted by Crippen LogP contribution is 2.24. The van der Waals surface area contributed by atoms with Crippen molar-refractivity contribution in [3.8, 4) is 0 Å². The molecule has 0 radical (unpaired) electrons. The van der Waals surface area contributed by atoms with Gasteiger partial charge in [0.2, 0.25) is 11.8 Å². The average molecular weight is 343 g/mol. The Morgan fingerprint density at radius 1 is 1.28 bits per heavy atom. The lowest BCUT2D eigenvalue weighted by Gasteiger charge is -2.33. The van der Waals surface area contributed by atoms with Crippen molar-refractivity contribution in [3.05, 3.63) is 30.3 Å². The molecule has 3 rings (SSSR count). The molecule has 2 saturated heterocycles. The number of carbonyl (C=O) groups is 2. The molecule has 0 bridgehead atoms. The summed E-state index contributed by atoms with van der Waals surface area (Å²) < 4.78 is 0. The first-order valence-corrected chi connectivity index (χ1v) is 9.51. The van der Waals surface area contributed by atoms with Gasteiger partial charge in [-0.3, -0.25) is 9.59 Å². The molecule has 0 spiro atoms. The van der Waals surface area contributed by atoms with Crippen molar-refractivity contribution in [1.29, 1.82) is 0 Å². The molecule has 2 fully saturated rings. The number of rotatable bonds is 5. The van der Waals surface area contributed by atoms with Gasteiger partial charge in [0.1, 0.15) is 6.04 Å². The predicted molar refractivity (Wildman–Crippen MR) is 99.3 cm³/mol. The van der Waals surface area contributed by atoms with Crippen molar-refractivity contribution in [1.82, 2.24) is 10.6 Å². The molecule has 2 aliphatic heterocycles. The summed E-state index contributed by atoms with van der Waals surface area (Å²) in [7, 11) is 0. The zero-order valence-corrected chi connectivity index (χ0v) is 15.0. The zero-order valence-electron chi connectivity index (χ0n) is 15.0. The van der Waals surface area contributed by atoms with Crippen LogP contribution >= 0.6 is 0 Å². The number of carbonyl (C=O) groups excluding carboxylic acids is 2. The lowest BCUT2D eigenvalue weighted by Crippen LogP contribution is -2.52. The Labute approximate surface area is 150 Å². The Bertz CT molecular complexity index is 584. The molecule has 3 unspecified atom stereocenters. The molecule has 5 nitrogen and oxygen atoms in total. The van der Waals surface area contributed by atoms with Crippen LogP contribution in [0.25, 0.3) is 0 Å². The van der Waals surface area contributed by atoms with Gasteiger partial charge in [-0.1, -0.05) is 25.1 Å². The first-order chi connectivity index (χ1) is 12.1. The SMILES string of the molecule is CC(CC(=O)NC1CCCN(c2ccccc2)C1=O)C1CCCNC1. The number of anilines is 1. The molecule has 136 valence electrons. The van der Waals surface area contributed by atoms with Gasteiger partial charge in [-0.25, -0.2) is 0 Å². The van der Waals surface area contributed by atoms with Crippen LogP contribution in [0, 0.1) is 11.8 Å². The Kier molecular flexibility index (Phi) is 6.08. The largest absolute Gasteiger partial charge is 0.344 e. The minimum atomic E-state index is -0.391. The highest BCUT2D eigenvalue weighted by molar-refractivity contribution is 5.99. The molecule has 0 saturated carbocycles. The summed E-state index contributed by atoms with van der Waals surface area (Å²) in [6.45, 7) is 4.95. The van der Waals surface area contributed by atoms with Gasteiger partial charge in [-0.2, -0.15) is 0 Å². The van der Waals surface area contributed by atoms with Crippen molar-refractivity contribution in [2.24, 2.45) is 11.8 Å². The number of hydrogen-bond donors (Lipinski definition) is 2. The highest BCUT2D eigenvalue weighted by Gasteiger charge is 2.31. The summed E-state index contributed by atoms with van der Waals surface area (Å²) >= 11 is 0. The van der Waals surface area contributed by atoms with Gasteiger partial charge in [-0.15, -0.1) is 0 Å². The van der Waals surface area contributed by atoms with Crippen LogP contribution in [0.5, 0.6) is 0 Å². The summed E-state index contributed by atoms with van der Waals surface area (Å²) in [6.07, 6.45) is 4.51. The fourth-order valence-electron chi connectivity index (χ4n) is 3.95.